The van der Waals surface area contributed by atoms with Crippen LogP contribution in [-0.4, -0.2) is 70.1 Å². The normalized spacial score (nSPS) is 19.4. The Labute approximate surface area is 230 Å². The van der Waals surface area contributed by atoms with Crippen molar-refractivity contribution in [3.63, 3.8) is 0 Å². The van der Waals surface area contributed by atoms with Crippen LogP contribution in [0.2, 0.25) is 5.02 Å². The summed E-state index contributed by atoms with van der Waals surface area (Å²) < 4.78 is 37.9. The minimum Gasteiger partial charge on any atom is -0.489 e. The van der Waals surface area contributed by atoms with E-state index in [1.54, 1.807) is 23.1 Å². The Bertz CT molecular complexity index is 1350. The standard InChI is InChI=1S/C27H31ClFN5O5/c1-27(2,3)39-26(35)34-11-10-16(13-34)38-21-9-7-19-24(33-21)25(31-15-30-19)32-18-6-8-20(22(28)23(18)29)37-14-17-5-4-12-36-17/h6-9,15-17H,4-5,10-14H2,1-3H3,(H,30,31,32)/t16-,17?/m0/s1. The number of carbonyl (C=O) groups excluding carboxylic acids is 1. The topological polar surface area (TPSA) is 108 Å². The van der Waals surface area contributed by atoms with Crippen LogP contribution in [0.1, 0.15) is 40.0 Å². The van der Waals surface area contributed by atoms with E-state index in [0.29, 0.717) is 49.6 Å². The maximum Gasteiger partial charge on any atom is 0.410 e. The van der Waals surface area contributed by atoms with Gasteiger partial charge in [0, 0.05) is 25.6 Å². The number of carbonyl (C=O) groups is 1. The predicted molar refractivity (Wildman–Crippen MR) is 143 cm³/mol. The van der Waals surface area contributed by atoms with Crippen LogP contribution in [-0.2, 0) is 9.47 Å². The van der Waals surface area contributed by atoms with Gasteiger partial charge in [0.2, 0.25) is 5.88 Å². The maximum absolute atomic E-state index is 15.2. The van der Waals surface area contributed by atoms with Gasteiger partial charge in [0.05, 0.1) is 23.9 Å². The average Bonchev–Trinajstić information content (AvgIpc) is 3.58. The first-order valence-corrected chi connectivity index (χ1v) is 13.3. The Balaban J connectivity index is 1.28. The molecular weight excluding hydrogens is 529 g/mol. The summed E-state index contributed by atoms with van der Waals surface area (Å²) >= 11 is 6.27. The molecule has 39 heavy (non-hydrogen) atoms. The van der Waals surface area contributed by atoms with Crippen LogP contribution in [0.3, 0.4) is 0 Å². The zero-order valence-corrected chi connectivity index (χ0v) is 22.8. The summed E-state index contributed by atoms with van der Waals surface area (Å²) in [7, 11) is 0. The predicted octanol–water partition coefficient (Wildman–Crippen LogP) is 5.51. The number of aromatic nitrogens is 3. The fourth-order valence-corrected chi connectivity index (χ4v) is 4.61. The minimum atomic E-state index is -0.672. The van der Waals surface area contributed by atoms with Crippen molar-refractivity contribution in [2.75, 3.05) is 31.6 Å². The Morgan fingerprint density at radius 2 is 2.08 bits per heavy atom. The molecule has 3 aromatic rings. The molecule has 1 aromatic carbocycles. The molecule has 2 saturated heterocycles. The molecule has 0 bridgehead atoms. The number of anilines is 2. The van der Waals surface area contributed by atoms with Crippen molar-refractivity contribution in [1.29, 1.82) is 0 Å². The average molecular weight is 560 g/mol. The van der Waals surface area contributed by atoms with Crippen LogP contribution in [0.15, 0.2) is 30.6 Å². The van der Waals surface area contributed by atoms with Gasteiger partial charge < -0.3 is 29.2 Å². The number of pyridine rings is 1. The van der Waals surface area contributed by atoms with E-state index in [4.69, 9.17) is 30.5 Å². The second kappa shape index (κ2) is 11.4. The number of rotatable bonds is 7. The summed E-state index contributed by atoms with van der Waals surface area (Å²) in [5.74, 6) is 0.199. The van der Waals surface area contributed by atoms with E-state index in [9.17, 15) is 4.79 Å². The number of nitrogens with one attached hydrogen (secondary N) is 1. The van der Waals surface area contributed by atoms with Gasteiger partial charge in [-0.2, -0.15) is 0 Å². The van der Waals surface area contributed by atoms with Crippen LogP contribution >= 0.6 is 11.6 Å². The minimum absolute atomic E-state index is 0.0126. The molecule has 2 aliphatic rings. The molecule has 1 amide bonds. The molecule has 4 heterocycles. The molecule has 2 aromatic heterocycles. The number of hydrogen-bond acceptors (Lipinski definition) is 9. The largest absolute Gasteiger partial charge is 0.489 e. The van der Waals surface area contributed by atoms with Crippen LogP contribution in [0.4, 0.5) is 20.7 Å². The van der Waals surface area contributed by atoms with Gasteiger partial charge in [0.15, 0.2) is 11.6 Å². The van der Waals surface area contributed by atoms with Crippen molar-refractivity contribution < 1.29 is 28.1 Å². The third-order valence-electron chi connectivity index (χ3n) is 6.29. The molecule has 208 valence electrons. The number of halogens is 2. The zero-order chi connectivity index (χ0) is 27.6. The van der Waals surface area contributed by atoms with Crippen molar-refractivity contribution in [1.82, 2.24) is 19.9 Å². The lowest BCUT2D eigenvalue weighted by molar-refractivity contribution is 0.0275. The van der Waals surface area contributed by atoms with Crippen molar-refractivity contribution in [2.24, 2.45) is 0 Å². The van der Waals surface area contributed by atoms with Crippen LogP contribution in [0.5, 0.6) is 11.6 Å². The molecule has 5 rings (SSSR count). The highest BCUT2D eigenvalue weighted by Gasteiger charge is 2.31. The number of likely N-dealkylation sites (tertiary alicyclic amines) is 1. The van der Waals surface area contributed by atoms with Gasteiger partial charge in [0.25, 0.3) is 0 Å². The first kappa shape index (κ1) is 27.1. The maximum atomic E-state index is 15.2. The van der Waals surface area contributed by atoms with Gasteiger partial charge in [-0.15, -0.1) is 0 Å². The molecular formula is C27H31ClFN5O5. The summed E-state index contributed by atoms with van der Waals surface area (Å²) in [6.45, 7) is 7.42. The molecule has 0 spiro atoms. The van der Waals surface area contributed by atoms with E-state index in [0.717, 1.165) is 12.8 Å². The molecule has 2 atom stereocenters. The van der Waals surface area contributed by atoms with Crippen molar-refractivity contribution >= 4 is 40.2 Å². The van der Waals surface area contributed by atoms with Gasteiger partial charge in [-0.05, 0) is 51.8 Å². The summed E-state index contributed by atoms with van der Waals surface area (Å²) in [6.07, 6.45) is 3.26. The van der Waals surface area contributed by atoms with Gasteiger partial charge in [-0.25, -0.2) is 24.1 Å². The SMILES string of the molecule is CC(C)(C)OC(=O)N1CC[C@H](Oc2ccc3ncnc(Nc4ccc(OCC5CCCO5)c(Cl)c4F)c3n2)C1. The molecule has 10 nitrogen and oxygen atoms in total. The molecule has 0 saturated carbocycles. The van der Waals surface area contributed by atoms with Gasteiger partial charge in [-0.3, -0.25) is 0 Å². The Kier molecular flexibility index (Phi) is 7.90. The molecule has 2 fully saturated rings. The van der Waals surface area contributed by atoms with E-state index < -0.39 is 11.4 Å². The second-order valence-electron chi connectivity index (χ2n) is 10.5. The smallest absolute Gasteiger partial charge is 0.410 e. The van der Waals surface area contributed by atoms with E-state index in [2.05, 4.69) is 20.3 Å². The van der Waals surface area contributed by atoms with E-state index in [1.165, 1.54) is 12.4 Å². The highest BCUT2D eigenvalue weighted by molar-refractivity contribution is 6.32. The first-order valence-electron chi connectivity index (χ1n) is 12.9. The van der Waals surface area contributed by atoms with Crippen LogP contribution < -0.4 is 14.8 Å². The first-order chi connectivity index (χ1) is 18.7. The summed E-state index contributed by atoms with van der Waals surface area (Å²) in [4.78, 5) is 27.1. The molecule has 0 radical (unpaired) electrons. The zero-order valence-electron chi connectivity index (χ0n) is 22.1. The molecule has 1 N–H and O–H groups in total. The van der Waals surface area contributed by atoms with E-state index in [-0.39, 0.29) is 40.6 Å². The Morgan fingerprint density at radius 3 is 2.85 bits per heavy atom. The quantitative estimate of drug-likeness (QED) is 0.401. The van der Waals surface area contributed by atoms with Gasteiger partial charge in [0.1, 0.15) is 40.9 Å². The van der Waals surface area contributed by atoms with Crippen LogP contribution in [0, 0.1) is 5.82 Å². The van der Waals surface area contributed by atoms with Crippen molar-refractivity contribution in [2.45, 2.75) is 57.8 Å². The Hall–Kier alpha value is -3.44. The molecule has 0 aliphatic carbocycles. The number of nitrogens with zero attached hydrogens (tertiary/aromatic N) is 4. The van der Waals surface area contributed by atoms with Gasteiger partial charge >= 0.3 is 6.09 Å². The summed E-state index contributed by atoms with van der Waals surface area (Å²) in [6, 6.07) is 6.58. The van der Waals surface area contributed by atoms with Crippen molar-refractivity contribution in [3.8, 4) is 11.6 Å². The van der Waals surface area contributed by atoms with Crippen molar-refractivity contribution in [3.05, 3.63) is 41.4 Å². The van der Waals surface area contributed by atoms with E-state index >= 15 is 4.39 Å². The highest BCUT2D eigenvalue weighted by Crippen LogP contribution is 2.35. The summed E-state index contributed by atoms with van der Waals surface area (Å²) in [5, 5.41) is 2.83. The Morgan fingerprint density at radius 1 is 1.23 bits per heavy atom. The lowest BCUT2D eigenvalue weighted by Gasteiger charge is -2.24. The molecule has 1 unspecified atom stereocenters. The monoisotopic (exact) mass is 559 g/mol. The summed E-state index contributed by atoms with van der Waals surface area (Å²) in [5.41, 5.74) is 0.484. The lowest BCUT2D eigenvalue weighted by Crippen LogP contribution is -2.36. The lowest BCUT2D eigenvalue weighted by atomic mass is 10.2. The number of benzene rings is 1. The molecule has 12 heteroatoms. The van der Waals surface area contributed by atoms with Crippen LogP contribution in [0.25, 0.3) is 11.0 Å². The second-order valence-corrected chi connectivity index (χ2v) is 10.9. The third-order valence-corrected chi connectivity index (χ3v) is 6.64. The fourth-order valence-electron chi connectivity index (χ4n) is 4.39. The molecule has 2 aliphatic heterocycles. The third kappa shape index (κ3) is 6.59. The van der Waals surface area contributed by atoms with Gasteiger partial charge in [-0.1, -0.05) is 11.6 Å². The number of amides is 1. The highest BCUT2D eigenvalue weighted by atomic mass is 35.5. The number of fused-ring (bicyclic) bond motifs is 1. The fraction of sp³-hybridized carbons (Fsp3) is 0.481. The number of ether oxygens (including phenoxy) is 4. The number of hydrogen-bond donors (Lipinski definition) is 1. The van der Waals surface area contributed by atoms with E-state index in [1.807, 2.05) is 20.8 Å².